The summed E-state index contributed by atoms with van der Waals surface area (Å²) in [6.45, 7) is 5.44. The Morgan fingerprint density at radius 1 is 1.00 bits per heavy atom. The van der Waals surface area contributed by atoms with Crippen molar-refractivity contribution in [1.82, 2.24) is 14.9 Å². The molecule has 1 amide bonds. The lowest BCUT2D eigenvalue weighted by Gasteiger charge is -2.23. The molecule has 1 aromatic heterocycles. The predicted octanol–water partition coefficient (Wildman–Crippen LogP) is 5.62. The van der Waals surface area contributed by atoms with Crippen LogP contribution in [0.5, 0.6) is 5.75 Å². The lowest BCUT2D eigenvalue weighted by Crippen LogP contribution is -2.28. The van der Waals surface area contributed by atoms with Crippen LogP contribution in [0.15, 0.2) is 97.7 Å². The Morgan fingerprint density at radius 2 is 1.80 bits per heavy atom. The highest BCUT2D eigenvalue weighted by atomic mass is 16.6. The van der Waals surface area contributed by atoms with E-state index in [9.17, 15) is 9.90 Å². The SMILES string of the molecule is C=CC(O)Nc1cccc(N(C(=O)OCc2ccccc2)c2ccnc(Nc3ccc(N(C)CCN(C)C)cc3OC)n2)c1. The van der Waals surface area contributed by atoms with Gasteiger partial charge in [-0.2, -0.15) is 4.98 Å². The van der Waals surface area contributed by atoms with Crippen LogP contribution in [-0.4, -0.2) is 73.6 Å². The first-order chi connectivity index (χ1) is 21.3. The average Bonchev–Trinajstić information content (AvgIpc) is 3.03. The standard InChI is InChI=1S/C33H39N7O4/c1-6-31(41)35-25-13-10-14-27(21-25)40(33(42)44-23-24-11-8-7-9-12-24)30-17-18-34-32(37-30)36-28-16-15-26(22-29(28)43-5)39(4)20-19-38(2)3/h6-18,21-22,31,35,41H,1,19-20,23H2,2-5H3,(H,34,36,37). The van der Waals surface area contributed by atoms with Crippen molar-refractivity contribution in [1.29, 1.82) is 0 Å². The number of aromatic nitrogens is 2. The molecule has 0 bridgehead atoms. The topological polar surface area (TPSA) is 115 Å². The van der Waals surface area contributed by atoms with Crippen LogP contribution in [0.4, 0.5) is 39.3 Å². The first-order valence-corrected chi connectivity index (χ1v) is 14.1. The second kappa shape index (κ2) is 15.4. The van der Waals surface area contributed by atoms with Crippen molar-refractivity contribution in [3.05, 3.63) is 103 Å². The summed E-state index contributed by atoms with van der Waals surface area (Å²) in [4.78, 5) is 28.3. The van der Waals surface area contributed by atoms with Crippen molar-refractivity contribution in [2.75, 3.05) is 61.8 Å². The first-order valence-electron chi connectivity index (χ1n) is 14.1. The maximum Gasteiger partial charge on any atom is 0.420 e. The smallest absolute Gasteiger partial charge is 0.420 e. The van der Waals surface area contributed by atoms with E-state index in [4.69, 9.17) is 9.47 Å². The van der Waals surface area contributed by atoms with E-state index in [0.29, 0.717) is 22.8 Å². The Labute approximate surface area is 258 Å². The molecule has 0 saturated heterocycles. The summed E-state index contributed by atoms with van der Waals surface area (Å²) in [7, 11) is 7.73. The molecule has 11 nitrogen and oxygen atoms in total. The number of carbonyl (C=O) groups is 1. The van der Waals surface area contributed by atoms with Crippen molar-refractivity contribution in [2.45, 2.75) is 12.8 Å². The molecule has 3 aromatic carbocycles. The normalized spacial score (nSPS) is 11.4. The molecule has 1 heterocycles. The molecule has 0 spiro atoms. The Bertz CT molecular complexity index is 1530. The van der Waals surface area contributed by atoms with Gasteiger partial charge in [0.2, 0.25) is 5.95 Å². The number of anilines is 6. The van der Waals surface area contributed by atoms with Crippen LogP contribution in [0.3, 0.4) is 0 Å². The highest BCUT2D eigenvalue weighted by molar-refractivity contribution is 5.95. The summed E-state index contributed by atoms with van der Waals surface area (Å²) in [5.41, 5.74) is 3.56. The van der Waals surface area contributed by atoms with Gasteiger partial charge >= 0.3 is 6.09 Å². The number of aliphatic hydroxyl groups excluding tert-OH is 1. The zero-order valence-electron chi connectivity index (χ0n) is 25.5. The average molecular weight is 598 g/mol. The van der Waals surface area contributed by atoms with Gasteiger partial charge in [0.1, 0.15) is 24.4 Å². The maximum atomic E-state index is 13.6. The highest BCUT2D eigenvalue weighted by Crippen LogP contribution is 2.33. The summed E-state index contributed by atoms with van der Waals surface area (Å²) in [5, 5.41) is 16.1. The minimum absolute atomic E-state index is 0.0754. The minimum Gasteiger partial charge on any atom is -0.494 e. The molecule has 1 unspecified atom stereocenters. The molecule has 230 valence electrons. The molecular formula is C33H39N7O4. The Hall–Kier alpha value is -5.13. The van der Waals surface area contributed by atoms with E-state index in [2.05, 4.69) is 37.0 Å². The number of benzene rings is 3. The summed E-state index contributed by atoms with van der Waals surface area (Å²) in [5.74, 6) is 1.15. The lowest BCUT2D eigenvalue weighted by molar-refractivity contribution is 0.150. The van der Waals surface area contributed by atoms with Crippen LogP contribution in [0, 0.1) is 0 Å². The van der Waals surface area contributed by atoms with E-state index in [1.165, 1.54) is 11.0 Å². The molecule has 4 rings (SSSR count). The number of nitrogens with zero attached hydrogens (tertiary/aromatic N) is 5. The van der Waals surface area contributed by atoms with Crippen LogP contribution < -0.4 is 25.2 Å². The molecule has 4 aromatic rings. The third kappa shape index (κ3) is 8.69. The molecule has 1 atom stereocenters. The van der Waals surface area contributed by atoms with Crippen LogP contribution in [-0.2, 0) is 11.3 Å². The number of hydrogen-bond donors (Lipinski definition) is 3. The number of carbonyl (C=O) groups excluding carboxylic acids is 1. The van der Waals surface area contributed by atoms with E-state index in [0.717, 1.165) is 24.3 Å². The van der Waals surface area contributed by atoms with Gasteiger partial charge in [0.25, 0.3) is 0 Å². The first kappa shape index (κ1) is 31.8. The zero-order chi connectivity index (χ0) is 31.5. The highest BCUT2D eigenvalue weighted by Gasteiger charge is 2.23. The number of aliphatic hydroxyl groups is 1. The molecular weight excluding hydrogens is 558 g/mol. The number of nitrogens with one attached hydrogen (secondary N) is 2. The van der Waals surface area contributed by atoms with Gasteiger partial charge in [-0.3, -0.25) is 0 Å². The number of methoxy groups -OCH3 is 1. The Balaban J connectivity index is 1.62. The van der Waals surface area contributed by atoms with E-state index in [1.807, 2.05) is 69.7 Å². The Kier molecular flexibility index (Phi) is 11.1. The van der Waals surface area contributed by atoms with Gasteiger partial charge in [0, 0.05) is 49.8 Å². The fourth-order valence-corrected chi connectivity index (χ4v) is 4.23. The number of amides is 1. The third-order valence-electron chi connectivity index (χ3n) is 6.65. The van der Waals surface area contributed by atoms with Gasteiger partial charge in [-0.05, 0) is 56.1 Å². The number of hydrogen-bond acceptors (Lipinski definition) is 10. The molecule has 11 heteroatoms. The lowest BCUT2D eigenvalue weighted by atomic mass is 10.2. The molecule has 0 aliphatic carbocycles. The van der Waals surface area contributed by atoms with Crippen LogP contribution in [0.25, 0.3) is 0 Å². The zero-order valence-corrected chi connectivity index (χ0v) is 25.5. The second-order valence-electron chi connectivity index (χ2n) is 10.2. The molecule has 44 heavy (non-hydrogen) atoms. The number of ether oxygens (including phenoxy) is 2. The van der Waals surface area contributed by atoms with Crippen molar-refractivity contribution in [3.63, 3.8) is 0 Å². The number of likely N-dealkylation sites (N-methyl/N-ethyl adjacent to an activating group) is 2. The van der Waals surface area contributed by atoms with Crippen molar-refractivity contribution >= 4 is 40.6 Å². The number of rotatable bonds is 14. The Morgan fingerprint density at radius 3 is 2.52 bits per heavy atom. The largest absolute Gasteiger partial charge is 0.494 e. The van der Waals surface area contributed by atoms with E-state index in [1.54, 1.807) is 43.6 Å². The molecule has 0 fully saturated rings. The summed E-state index contributed by atoms with van der Waals surface area (Å²) in [6.07, 6.45) is 1.32. The summed E-state index contributed by atoms with van der Waals surface area (Å²) in [6, 6.07) is 23.9. The van der Waals surface area contributed by atoms with Crippen LogP contribution in [0.2, 0.25) is 0 Å². The maximum absolute atomic E-state index is 13.6. The van der Waals surface area contributed by atoms with Gasteiger partial charge in [-0.15, -0.1) is 0 Å². The second-order valence-corrected chi connectivity index (χ2v) is 10.2. The summed E-state index contributed by atoms with van der Waals surface area (Å²) >= 11 is 0. The molecule has 0 saturated carbocycles. The van der Waals surface area contributed by atoms with Gasteiger partial charge in [0.05, 0.1) is 18.5 Å². The van der Waals surface area contributed by atoms with Gasteiger partial charge in [0.15, 0.2) is 0 Å². The fraction of sp³-hybridized carbons (Fsp3) is 0.242. The molecule has 0 aliphatic heterocycles. The van der Waals surface area contributed by atoms with Crippen molar-refractivity contribution < 1.29 is 19.4 Å². The van der Waals surface area contributed by atoms with E-state index < -0.39 is 12.3 Å². The summed E-state index contributed by atoms with van der Waals surface area (Å²) < 4.78 is 11.4. The molecule has 0 aliphatic rings. The van der Waals surface area contributed by atoms with Gasteiger partial charge in [-0.1, -0.05) is 43.0 Å². The predicted molar refractivity (Wildman–Crippen MR) is 175 cm³/mol. The molecule has 0 radical (unpaired) electrons. The third-order valence-corrected chi connectivity index (χ3v) is 6.65. The van der Waals surface area contributed by atoms with E-state index >= 15 is 0 Å². The minimum atomic E-state index is -0.965. The van der Waals surface area contributed by atoms with E-state index in [-0.39, 0.29) is 18.4 Å². The van der Waals surface area contributed by atoms with Gasteiger partial charge < -0.3 is 35.0 Å². The van der Waals surface area contributed by atoms with Crippen molar-refractivity contribution in [2.24, 2.45) is 0 Å². The van der Waals surface area contributed by atoms with Crippen LogP contribution in [0.1, 0.15) is 5.56 Å². The molecule has 3 N–H and O–H groups in total. The monoisotopic (exact) mass is 597 g/mol. The van der Waals surface area contributed by atoms with Gasteiger partial charge in [-0.25, -0.2) is 14.7 Å². The van der Waals surface area contributed by atoms with Crippen LogP contribution >= 0.6 is 0 Å². The quantitative estimate of drug-likeness (QED) is 0.125. The van der Waals surface area contributed by atoms with Crippen molar-refractivity contribution in [3.8, 4) is 5.75 Å². The fourth-order valence-electron chi connectivity index (χ4n) is 4.23.